The van der Waals surface area contributed by atoms with E-state index >= 15 is 0 Å². The molecule has 23 heavy (non-hydrogen) atoms. The summed E-state index contributed by atoms with van der Waals surface area (Å²) in [5.41, 5.74) is 0. The predicted octanol–water partition coefficient (Wildman–Crippen LogP) is 1.13. The minimum atomic E-state index is -0.511. The molecule has 8 heteroatoms. The largest absolute Gasteiger partial charge is 0.389 e. The summed E-state index contributed by atoms with van der Waals surface area (Å²) in [5.74, 6) is 1.46. The zero-order valence-corrected chi connectivity index (χ0v) is 14.0. The minimum absolute atomic E-state index is 0.145. The van der Waals surface area contributed by atoms with Gasteiger partial charge in [0.25, 0.3) is 0 Å². The lowest BCUT2D eigenvalue weighted by molar-refractivity contribution is -0.0564. The van der Waals surface area contributed by atoms with Gasteiger partial charge in [-0.1, -0.05) is 6.07 Å². The highest BCUT2D eigenvalue weighted by Gasteiger charge is 2.26. The van der Waals surface area contributed by atoms with E-state index in [9.17, 15) is 5.11 Å². The van der Waals surface area contributed by atoms with Gasteiger partial charge >= 0.3 is 0 Å². The fourth-order valence-electron chi connectivity index (χ4n) is 2.57. The van der Waals surface area contributed by atoms with Crippen LogP contribution in [-0.2, 0) is 16.1 Å². The van der Waals surface area contributed by atoms with Gasteiger partial charge in [0, 0.05) is 24.5 Å². The van der Waals surface area contributed by atoms with E-state index < -0.39 is 6.10 Å². The molecule has 2 atom stereocenters. The Morgan fingerprint density at radius 2 is 2.52 bits per heavy atom. The lowest BCUT2D eigenvalue weighted by Crippen LogP contribution is -2.43. The molecule has 0 radical (unpaired) electrons. The van der Waals surface area contributed by atoms with E-state index in [1.165, 1.54) is 4.88 Å². The first-order valence-corrected chi connectivity index (χ1v) is 8.59. The van der Waals surface area contributed by atoms with Gasteiger partial charge < -0.3 is 14.6 Å². The van der Waals surface area contributed by atoms with Gasteiger partial charge in [0.15, 0.2) is 5.82 Å². The molecule has 3 heterocycles. The molecule has 0 aromatic carbocycles. The number of aryl methyl sites for hydroxylation is 1. The van der Waals surface area contributed by atoms with Crippen LogP contribution in [0.2, 0.25) is 0 Å². The van der Waals surface area contributed by atoms with Gasteiger partial charge in [-0.15, -0.1) is 11.3 Å². The normalized spacial score (nSPS) is 20.7. The molecule has 1 aliphatic heterocycles. The second-order valence-electron chi connectivity index (χ2n) is 5.65. The van der Waals surface area contributed by atoms with E-state index in [2.05, 4.69) is 20.1 Å². The molecule has 3 rings (SSSR count). The third-order valence-corrected chi connectivity index (χ3v) is 4.51. The Kier molecular flexibility index (Phi) is 5.74. The molecule has 2 unspecified atom stereocenters. The average Bonchev–Trinajstić information content (AvgIpc) is 3.19. The molecule has 0 aliphatic carbocycles. The Balaban J connectivity index is 1.41. The van der Waals surface area contributed by atoms with Crippen molar-refractivity contribution >= 4 is 11.3 Å². The summed E-state index contributed by atoms with van der Waals surface area (Å²) in [4.78, 5) is 7.66. The Hall–Kier alpha value is -1.32. The highest BCUT2D eigenvalue weighted by atomic mass is 32.1. The highest BCUT2D eigenvalue weighted by molar-refractivity contribution is 7.09. The van der Waals surface area contributed by atoms with E-state index in [0.717, 1.165) is 12.4 Å². The molecule has 2 N–H and O–H groups in total. The summed E-state index contributed by atoms with van der Waals surface area (Å²) >= 11 is 1.66. The number of aliphatic hydroxyl groups excluding tert-OH is 1. The van der Waals surface area contributed by atoms with Crippen LogP contribution in [0.1, 0.15) is 22.6 Å². The number of rotatable bonds is 7. The molecule has 0 bridgehead atoms. The third kappa shape index (κ3) is 4.82. The lowest BCUT2D eigenvalue weighted by Gasteiger charge is -2.32. The van der Waals surface area contributed by atoms with Gasteiger partial charge in [0.1, 0.15) is 11.9 Å². The molecule has 0 amide bonds. The van der Waals surface area contributed by atoms with Crippen LogP contribution in [0.4, 0.5) is 0 Å². The van der Waals surface area contributed by atoms with Crippen LogP contribution in [0.3, 0.4) is 0 Å². The SMILES string of the molecule is Cc1nc(C2CN(CC(O)COCc3cccs3)CCO2)n[nH]1. The van der Waals surface area contributed by atoms with Crippen LogP contribution in [0.15, 0.2) is 17.5 Å². The Morgan fingerprint density at radius 1 is 1.61 bits per heavy atom. The van der Waals surface area contributed by atoms with Crippen LogP contribution in [-0.4, -0.2) is 64.1 Å². The number of nitrogens with one attached hydrogen (secondary N) is 1. The number of β-amino-alcohol motifs (C(OH)–C–C–N with tert-alkyl or cyclic N) is 1. The topological polar surface area (TPSA) is 83.5 Å². The van der Waals surface area contributed by atoms with Gasteiger partial charge in [0.2, 0.25) is 0 Å². The molecule has 126 valence electrons. The maximum Gasteiger partial charge on any atom is 0.180 e. The molecule has 7 nitrogen and oxygen atoms in total. The number of hydrogen-bond acceptors (Lipinski definition) is 7. The molecular weight excluding hydrogens is 316 g/mol. The fraction of sp³-hybridized carbons (Fsp3) is 0.600. The smallest absolute Gasteiger partial charge is 0.180 e. The molecule has 1 saturated heterocycles. The monoisotopic (exact) mass is 338 g/mol. The first-order chi connectivity index (χ1) is 11.2. The average molecular weight is 338 g/mol. The number of nitrogens with zero attached hydrogens (tertiary/aromatic N) is 3. The molecule has 2 aromatic heterocycles. The van der Waals surface area contributed by atoms with Gasteiger partial charge in [-0.05, 0) is 18.4 Å². The van der Waals surface area contributed by atoms with Crippen molar-refractivity contribution in [1.29, 1.82) is 0 Å². The van der Waals surface area contributed by atoms with Crippen molar-refractivity contribution in [1.82, 2.24) is 20.1 Å². The van der Waals surface area contributed by atoms with Gasteiger partial charge in [0.05, 0.1) is 25.9 Å². The summed E-state index contributed by atoms with van der Waals surface area (Å²) in [5, 5.41) is 19.2. The van der Waals surface area contributed by atoms with Crippen LogP contribution in [0, 0.1) is 6.92 Å². The Labute approximate surface area is 139 Å². The number of ether oxygens (including phenoxy) is 2. The molecule has 1 fully saturated rings. The van der Waals surface area contributed by atoms with Gasteiger partial charge in [-0.25, -0.2) is 4.98 Å². The standard InChI is InChI=1S/C15H22N4O3S/c1-11-16-15(18-17-11)14-8-19(4-5-22-14)7-12(20)9-21-10-13-3-2-6-23-13/h2-3,6,12,14,20H,4-5,7-10H2,1H3,(H,16,17,18). The van der Waals surface area contributed by atoms with Crippen molar-refractivity contribution in [3.8, 4) is 0 Å². The van der Waals surface area contributed by atoms with Crippen molar-refractivity contribution in [2.24, 2.45) is 0 Å². The second kappa shape index (κ2) is 7.98. The number of aromatic nitrogens is 3. The molecule has 1 aliphatic rings. The summed E-state index contributed by atoms with van der Waals surface area (Å²) in [6, 6.07) is 4.03. The number of aromatic amines is 1. The first-order valence-electron chi connectivity index (χ1n) is 7.72. The summed E-state index contributed by atoms with van der Waals surface area (Å²) in [6.07, 6.45) is -0.657. The first kappa shape index (κ1) is 16.5. The van der Waals surface area contributed by atoms with Crippen LogP contribution in [0.25, 0.3) is 0 Å². The Bertz CT molecular complexity index is 589. The van der Waals surface area contributed by atoms with Crippen LogP contribution in [0.5, 0.6) is 0 Å². The van der Waals surface area contributed by atoms with Crippen molar-refractivity contribution in [2.45, 2.75) is 25.7 Å². The highest BCUT2D eigenvalue weighted by Crippen LogP contribution is 2.19. The van der Waals surface area contributed by atoms with Crippen molar-refractivity contribution in [3.05, 3.63) is 34.0 Å². The van der Waals surface area contributed by atoms with E-state index in [1.54, 1.807) is 11.3 Å². The fourth-order valence-corrected chi connectivity index (χ4v) is 3.21. The molecule has 0 saturated carbocycles. The zero-order valence-electron chi connectivity index (χ0n) is 13.1. The number of hydrogen-bond donors (Lipinski definition) is 2. The third-order valence-electron chi connectivity index (χ3n) is 3.66. The van der Waals surface area contributed by atoms with Crippen molar-refractivity contribution in [2.75, 3.05) is 32.8 Å². The van der Waals surface area contributed by atoms with E-state index in [0.29, 0.717) is 38.7 Å². The van der Waals surface area contributed by atoms with Gasteiger partial charge in [-0.2, -0.15) is 5.10 Å². The summed E-state index contributed by atoms with van der Waals surface area (Å²) in [7, 11) is 0. The zero-order chi connectivity index (χ0) is 16.1. The maximum atomic E-state index is 10.1. The lowest BCUT2D eigenvalue weighted by atomic mass is 10.2. The van der Waals surface area contributed by atoms with Gasteiger partial charge in [-0.3, -0.25) is 10.00 Å². The van der Waals surface area contributed by atoms with Crippen molar-refractivity contribution in [3.63, 3.8) is 0 Å². The second-order valence-corrected chi connectivity index (χ2v) is 6.68. The number of morpholine rings is 1. The number of H-pyrrole nitrogens is 1. The van der Waals surface area contributed by atoms with E-state index in [1.807, 2.05) is 24.4 Å². The predicted molar refractivity (Wildman–Crippen MR) is 86.2 cm³/mol. The van der Waals surface area contributed by atoms with E-state index in [-0.39, 0.29) is 6.10 Å². The van der Waals surface area contributed by atoms with E-state index in [4.69, 9.17) is 9.47 Å². The minimum Gasteiger partial charge on any atom is -0.389 e. The number of thiophene rings is 1. The number of aliphatic hydroxyl groups is 1. The van der Waals surface area contributed by atoms with Crippen LogP contribution < -0.4 is 0 Å². The summed E-state index contributed by atoms with van der Waals surface area (Å²) < 4.78 is 11.3. The molecule has 0 spiro atoms. The molecular formula is C15H22N4O3S. The molecule has 2 aromatic rings. The quantitative estimate of drug-likeness (QED) is 0.787. The maximum absolute atomic E-state index is 10.1. The van der Waals surface area contributed by atoms with Crippen LogP contribution >= 0.6 is 11.3 Å². The van der Waals surface area contributed by atoms with Crippen molar-refractivity contribution < 1.29 is 14.6 Å². The summed E-state index contributed by atoms with van der Waals surface area (Å²) in [6.45, 7) is 5.40. The Morgan fingerprint density at radius 3 is 3.26 bits per heavy atom.